The number of pyridine rings is 2. The molecule has 5 rings (SSSR count). The van der Waals surface area contributed by atoms with Crippen LogP contribution in [0.1, 0.15) is 17.0 Å². The maximum absolute atomic E-state index is 12.8. The first-order valence-electron chi connectivity index (χ1n) is 10.4. The molecule has 0 amide bonds. The largest absolute Gasteiger partial charge is 0.487 e. The van der Waals surface area contributed by atoms with Crippen LogP contribution >= 0.6 is 11.6 Å². The molecule has 0 atom stereocenters. The summed E-state index contributed by atoms with van der Waals surface area (Å²) in [6, 6.07) is 8.88. The van der Waals surface area contributed by atoms with Crippen molar-refractivity contribution in [2.75, 3.05) is 18.0 Å². The molecule has 0 aromatic carbocycles. The summed E-state index contributed by atoms with van der Waals surface area (Å²) in [5.41, 5.74) is 3.77. The van der Waals surface area contributed by atoms with Gasteiger partial charge in [0.1, 0.15) is 28.5 Å². The van der Waals surface area contributed by atoms with E-state index in [1.165, 1.54) is 4.68 Å². The van der Waals surface area contributed by atoms with E-state index in [1.54, 1.807) is 36.8 Å². The lowest BCUT2D eigenvalue weighted by atomic mass is 10.1. The maximum atomic E-state index is 12.8. The van der Waals surface area contributed by atoms with Crippen molar-refractivity contribution in [1.29, 1.82) is 0 Å². The Kier molecular flexibility index (Phi) is 5.55. The molecule has 0 radical (unpaired) electrons. The Morgan fingerprint density at radius 3 is 2.73 bits per heavy atom. The van der Waals surface area contributed by atoms with E-state index in [9.17, 15) is 4.79 Å². The first-order chi connectivity index (χ1) is 16.0. The molecule has 0 N–H and O–H groups in total. The van der Waals surface area contributed by atoms with E-state index in [0.29, 0.717) is 35.4 Å². The molecule has 1 fully saturated rings. The molecule has 4 aromatic heterocycles. The highest BCUT2D eigenvalue weighted by Crippen LogP contribution is 2.26. The predicted octanol–water partition coefficient (Wildman–Crippen LogP) is 3.27. The molecule has 1 saturated heterocycles. The van der Waals surface area contributed by atoms with Crippen LogP contribution in [0.5, 0.6) is 5.75 Å². The number of aryl methyl sites for hydroxylation is 2. The molecule has 5 heterocycles. The minimum absolute atomic E-state index is 0.0104. The van der Waals surface area contributed by atoms with Gasteiger partial charge in [0.25, 0.3) is 5.56 Å². The molecule has 4 aromatic rings. The van der Waals surface area contributed by atoms with E-state index in [0.717, 1.165) is 22.5 Å². The van der Waals surface area contributed by atoms with E-state index in [4.69, 9.17) is 20.9 Å². The fourth-order valence-corrected chi connectivity index (χ4v) is 3.82. The molecule has 1 aliphatic heterocycles. The third-order valence-electron chi connectivity index (χ3n) is 5.55. The van der Waals surface area contributed by atoms with Gasteiger partial charge in [-0.25, -0.2) is 9.67 Å². The van der Waals surface area contributed by atoms with Crippen LogP contribution in [0.15, 0.2) is 58.2 Å². The van der Waals surface area contributed by atoms with Gasteiger partial charge in [-0.05, 0) is 32.0 Å². The highest BCUT2D eigenvalue weighted by molar-refractivity contribution is 6.29. The van der Waals surface area contributed by atoms with Crippen molar-refractivity contribution in [2.45, 2.75) is 26.5 Å². The average Bonchev–Trinajstić information content (AvgIpc) is 3.13. The van der Waals surface area contributed by atoms with E-state index in [2.05, 4.69) is 20.2 Å². The third kappa shape index (κ3) is 4.45. The lowest BCUT2D eigenvalue weighted by molar-refractivity contribution is 0.167. The Hall–Kier alpha value is -3.72. The molecule has 9 nitrogen and oxygen atoms in total. The zero-order valence-corrected chi connectivity index (χ0v) is 18.9. The summed E-state index contributed by atoms with van der Waals surface area (Å²) in [5, 5.41) is 8.93. The molecule has 0 spiro atoms. The van der Waals surface area contributed by atoms with Crippen molar-refractivity contribution in [2.24, 2.45) is 0 Å². The number of anilines is 1. The van der Waals surface area contributed by atoms with Crippen molar-refractivity contribution in [3.05, 3.63) is 81.4 Å². The van der Waals surface area contributed by atoms with Crippen molar-refractivity contribution >= 4 is 17.3 Å². The fourth-order valence-electron chi connectivity index (χ4n) is 3.65. The first-order valence-corrected chi connectivity index (χ1v) is 10.8. The Bertz CT molecular complexity index is 1350. The Morgan fingerprint density at radius 1 is 1.15 bits per heavy atom. The van der Waals surface area contributed by atoms with Crippen LogP contribution in [0.2, 0.25) is 5.15 Å². The van der Waals surface area contributed by atoms with Gasteiger partial charge >= 0.3 is 0 Å². The first kappa shape index (κ1) is 21.1. The van der Waals surface area contributed by atoms with Gasteiger partial charge < -0.3 is 14.2 Å². The molecule has 33 heavy (non-hydrogen) atoms. The summed E-state index contributed by atoms with van der Waals surface area (Å²) in [6.07, 6.45) is 5.06. The van der Waals surface area contributed by atoms with Crippen molar-refractivity contribution in [1.82, 2.24) is 24.9 Å². The topological polar surface area (TPSA) is 99.2 Å². The van der Waals surface area contributed by atoms with Gasteiger partial charge in [0.2, 0.25) is 0 Å². The minimum atomic E-state index is -0.202. The summed E-state index contributed by atoms with van der Waals surface area (Å²) in [7, 11) is 0. The summed E-state index contributed by atoms with van der Waals surface area (Å²) in [6.45, 7) is 5.31. The number of nitrogens with zero attached hydrogens (tertiary/aromatic N) is 6. The number of hydrogen-bond donors (Lipinski definition) is 0. The van der Waals surface area contributed by atoms with Crippen molar-refractivity contribution < 1.29 is 9.26 Å². The Labute approximate surface area is 194 Å². The Morgan fingerprint density at radius 2 is 2.00 bits per heavy atom. The second kappa shape index (κ2) is 8.67. The maximum Gasteiger partial charge on any atom is 0.269 e. The average molecular weight is 465 g/mol. The van der Waals surface area contributed by atoms with Gasteiger partial charge in [0.05, 0.1) is 31.5 Å². The van der Waals surface area contributed by atoms with Gasteiger partial charge in [0, 0.05) is 41.3 Å². The second-order valence-electron chi connectivity index (χ2n) is 7.92. The SMILES string of the molecule is Cc1ccc(-c2noc(C)c2Cn2ncc(N3CC(Oc4ccnc(Cl)c4)C3)cc2=O)cn1. The molecule has 168 valence electrons. The summed E-state index contributed by atoms with van der Waals surface area (Å²) >= 11 is 5.90. The molecule has 10 heteroatoms. The third-order valence-corrected chi connectivity index (χ3v) is 5.75. The van der Waals surface area contributed by atoms with Crippen LogP contribution < -0.4 is 15.2 Å². The number of hydrogen-bond acceptors (Lipinski definition) is 8. The smallest absolute Gasteiger partial charge is 0.269 e. The lowest BCUT2D eigenvalue weighted by Gasteiger charge is -2.40. The highest BCUT2D eigenvalue weighted by Gasteiger charge is 2.29. The van der Waals surface area contributed by atoms with Crippen LogP contribution in [-0.4, -0.2) is 44.1 Å². The zero-order chi connectivity index (χ0) is 22.9. The quantitative estimate of drug-likeness (QED) is 0.401. The fraction of sp³-hybridized carbons (Fsp3) is 0.261. The van der Waals surface area contributed by atoms with Crippen LogP contribution in [0.4, 0.5) is 5.69 Å². The van der Waals surface area contributed by atoms with E-state index >= 15 is 0 Å². The molecule has 0 bridgehead atoms. The standard InChI is InChI=1S/C23H21ClN6O3/c1-14-3-4-16(9-26-14)23-20(15(2)33-28-23)13-30-22(31)7-17(10-27-30)29-11-19(12-29)32-18-5-6-25-21(24)8-18/h3-10,19H,11-13H2,1-2H3. The number of halogens is 1. The highest BCUT2D eigenvalue weighted by atomic mass is 35.5. The van der Waals surface area contributed by atoms with E-state index in [-0.39, 0.29) is 18.2 Å². The van der Waals surface area contributed by atoms with Crippen molar-refractivity contribution in [3.8, 4) is 17.0 Å². The molecular weight excluding hydrogens is 444 g/mol. The van der Waals surface area contributed by atoms with Crippen LogP contribution in [0.3, 0.4) is 0 Å². The monoisotopic (exact) mass is 464 g/mol. The summed E-state index contributed by atoms with van der Waals surface area (Å²) < 4.78 is 12.7. The predicted molar refractivity (Wildman–Crippen MR) is 123 cm³/mol. The Balaban J connectivity index is 1.28. The van der Waals surface area contributed by atoms with Gasteiger partial charge in [-0.2, -0.15) is 5.10 Å². The summed E-state index contributed by atoms with van der Waals surface area (Å²) in [4.78, 5) is 23.1. The number of ether oxygens (including phenoxy) is 1. The normalized spacial score (nSPS) is 13.7. The van der Waals surface area contributed by atoms with E-state index < -0.39 is 0 Å². The lowest BCUT2D eigenvalue weighted by Crippen LogP contribution is -2.54. The minimum Gasteiger partial charge on any atom is -0.487 e. The number of aromatic nitrogens is 5. The van der Waals surface area contributed by atoms with Gasteiger partial charge in [-0.3, -0.25) is 9.78 Å². The van der Waals surface area contributed by atoms with Crippen LogP contribution in [0.25, 0.3) is 11.3 Å². The zero-order valence-electron chi connectivity index (χ0n) is 18.1. The van der Waals surface area contributed by atoms with E-state index in [1.807, 2.05) is 30.9 Å². The molecule has 0 unspecified atom stereocenters. The number of rotatable bonds is 6. The summed E-state index contributed by atoms with van der Waals surface area (Å²) in [5.74, 6) is 1.32. The second-order valence-corrected chi connectivity index (χ2v) is 8.31. The van der Waals surface area contributed by atoms with Gasteiger partial charge in [-0.1, -0.05) is 16.8 Å². The van der Waals surface area contributed by atoms with Gasteiger partial charge in [-0.15, -0.1) is 0 Å². The van der Waals surface area contributed by atoms with Gasteiger partial charge in [0.15, 0.2) is 0 Å². The molecule has 1 aliphatic rings. The molecule has 0 saturated carbocycles. The van der Waals surface area contributed by atoms with Crippen molar-refractivity contribution in [3.63, 3.8) is 0 Å². The molecular formula is C23H21ClN6O3. The molecule has 0 aliphatic carbocycles. The van der Waals surface area contributed by atoms with Crippen LogP contribution in [-0.2, 0) is 6.54 Å². The van der Waals surface area contributed by atoms with Crippen LogP contribution in [0, 0.1) is 13.8 Å².